The fourth-order valence-electron chi connectivity index (χ4n) is 1.84. The minimum Gasteiger partial charge on any atom is -0.481 e. The van der Waals surface area contributed by atoms with Gasteiger partial charge in [0, 0.05) is 13.0 Å². The fraction of sp³-hybridized carbons (Fsp3) is 0.889. The summed E-state index contributed by atoms with van der Waals surface area (Å²) in [6.07, 6.45) is -0.685. The Kier molecular flexibility index (Phi) is 4.25. The van der Waals surface area contributed by atoms with Gasteiger partial charge in [0.15, 0.2) is 0 Å². The highest BCUT2D eigenvalue weighted by molar-refractivity contribution is 5.66. The van der Waals surface area contributed by atoms with Crippen molar-refractivity contribution in [3.8, 4) is 0 Å². The SMILES string of the molecule is O=C(O)CCC1CCN(CC(F)F)C1. The molecule has 0 aromatic carbocycles. The first-order valence-electron chi connectivity index (χ1n) is 4.80. The summed E-state index contributed by atoms with van der Waals surface area (Å²) >= 11 is 0. The Morgan fingerprint density at radius 3 is 2.86 bits per heavy atom. The van der Waals surface area contributed by atoms with Gasteiger partial charge in [0.2, 0.25) is 0 Å². The van der Waals surface area contributed by atoms with Crippen LogP contribution < -0.4 is 0 Å². The zero-order valence-corrected chi connectivity index (χ0v) is 7.96. The smallest absolute Gasteiger partial charge is 0.303 e. The van der Waals surface area contributed by atoms with Gasteiger partial charge in [-0.25, -0.2) is 8.78 Å². The monoisotopic (exact) mass is 207 g/mol. The molecule has 1 rings (SSSR count). The number of rotatable bonds is 5. The Labute approximate surface area is 81.7 Å². The average Bonchev–Trinajstić information content (AvgIpc) is 2.47. The molecule has 0 radical (unpaired) electrons. The lowest BCUT2D eigenvalue weighted by molar-refractivity contribution is -0.137. The second kappa shape index (κ2) is 5.24. The van der Waals surface area contributed by atoms with E-state index < -0.39 is 12.4 Å². The molecule has 1 N–H and O–H groups in total. The number of likely N-dealkylation sites (tertiary alicyclic amines) is 1. The average molecular weight is 207 g/mol. The molecule has 1 unspecified atom stereocenters. The number of hydrogen-bond donors (Lipinski definition) is 1. The Bertz CT molecular complexity index is 199. The van der Waals surface area contributed by atoms with Crippen LogP contribution in [0.15, 0.2) is 0 Å². The van der Waals surface area contributed by atoms with Crippen molar-refractivity contribution in [3.63, 3.8) is 0 Å². The third kappa shape index (κ3) is 4.00. The van der Waals surface area contributed by atoms with Crippen molar-refractivity contribution in [3.05, 3.63) is 0 Å². The maximum Gasteiger partial charge on any atom is 0.303 e. The van der Waals surface area contributed by atoms with Gasteiger partial charge in [0.05, 0.1) is 6.54 Å². The van der Waals surface area contributed by atoms with Crippen LogP contribution in [-0.2, 0) is 4.79 Å². The van der Waals surface area contributed by atoms with Crippen LogP contribution in [0.1, 0.15) is 19.3 Å². The summed E-state index contributed by atoms with van der Waals surface area (Å²) in [7, 11) is 0. The van der Waals surface area contributed by atoms with Crippen LogP contribution in [0, 0.1) is 5.92 Å². The first-order valence-corrected chi connectivity index (χ1v) is 4.80. The normalized spacial score (nSPS) is 23.2. The lowest BCUT2D eigenvalue weighted by Gasteiger charge is -2.14. The standard InChI is InChI=1S/C9H15F2NO2/c10-8(11)6-12-4-3-7(5-12)1-2-9(13)14/h7-8H,1-6H2,(H,13,14). The third-order valence-corrected chi connectivity index (χ3v) is 2.53. The van der Waals surface area contributed by atoms with E-state index in [1.165, 1.54) is 0 Å². The topological polar surface area (TPSA) is 40.5 Å². The van der Waals surface area contributed by atoms with E-state index in [1.54, 1.807) is 4.90 Å². The van der Waals surface area contributed by atoms with Crippen molar-refractivity contribution in [1.29, 1.82) is 0 Å². The van der Waals surface area contributed by atoms with Gasteiger partial charge < -0.3 is 5.11 Å². The minimum atomic E-state index is -2.28. The molecule has 5 heteroatoms. The molecule has 1 aliphatic heterocycles. The third-order valence-electron chi connectivity index (χ3n) is 2.53. The highest BCUT2D eigenvalue weighted by Gasteiger charge is 2.24. The number of alkyl halides is 2. The molecule has 0 aromatic rings. The van der Waals surface area contributed by atoms with Crippen LogP contribution in [-0.4, -0.2) is 42.0 Å². The number of hydrogen-bond acceptors (Lipinski definition) is 2. The number of carboxylic acid groups (broad SMARTS) is 1. The Morgan fingerprint density at radius 2 is 2.29 bits per heavy atom. The zero-order valence-electron chi connectivity index (χ0n) is 7.96. The molecular weight excluding hydrogens is 192 g/mol. The number of halogens is 2. The lowest BCUT2D eigenvalue weighted by Crippen LogP contribution is -2.26. The fourth-order valence-corrected chi connectivity index (χ4v) is 1.84. The summed E-state index contributed by atoms with van der Waals surface area (Å²) in [5.74, 6) is -0.526. The van der Waals surface area contributed by atoms with Crippen molar-refractivity contribution >= 4 is 5.97 Å². The molecule has 1 aliphatic rings. The highest BCUT2D eigenvalue weighted by atomic mass is 19.3. The van der Waals surface area contributed by atoms with Crippen LogP contribution in [0.5, 0.6) is 0 Å². The van der Waals surface area contributed by atoms with E-state index in [1.807, 2.05) is 0 Å². The zero-order chi connectivity index (χ0) is 10.6. The minimum absolute atomic E-state index is 0.146. The first-order chi connectivity index (χ1) is 6.58. The summed E-state index contributed by atoms with van der Waals surface area (Å²) < 4.78 is 24.0. The van der Waals surface area contributed by atoms with Crippen LogP contribution in [0.25, 0.3) is 0 Å². The number of carboxylic acids is 1. The predicted octanol–water partition coefficient (Wildman–Crippen LogP) is 1.44. The molecule has 1 fully saturated rings. The van der Waals surface area contributed by atoms with E-state index in [0.29, 0.717) is 19.5 Å². The molecule has 0 bridgehead atoms. The van der Waals surface area contributed by atoms with Gasteiger partial charge in [-0.3, -0.25) is 9.69 Å². The molecule has 1 atom stereocenters. The molecule has 0 amide bonds. The van der Waals surface area contributed by atoms with Crippen LogP contribution in [0.2, 0.25) is 0 Å². The summed E-state index contributed by atoms with van der Waals surface area (Å²) in [5.41, 5.74) is 0. The van der Waals surface area contributed by atoms with E-state index in [9.17, 15) is 13.6 Å². The maximum absolute atomic E-state index is 12.0. The molecule has 1 heterocycles. The van der Waals surface area contributed by atoms with Gasteiger partial charge in [-0.2, -0.15) is 0 Å². The van der Waals surface area contributed by atoms with Crippen molar-refractivity contribution < 1.29 is 18.7 Å². The van der Waals surface area contributed by atoms with Crippen molar-refractivity contribution in [2.45, 2.75) is 25.7 Å². The number of nitrogens with zero attached hydrogens (tertiary/aromatic N) is 1. The predicted molar refractivity (Wildman–Crippen MR) is 47.4 cm³/mol. The molecule has 0 aromatic heterocycles. The van der Waals surface area contributed by atoms with Gasteiger partial charge in [-0.05, 0) is 25.3 Å². The number of carbonyl (C=O) groups is 1. The van der Waals surface area contributed by atoms with E-state index in [2.05, 4.69) is 0 Å². The van der Waals surface area contributed by atoms with Gasteiger partial charge in [-0.15, -0.1) is 0 Å². The van der Waals surface area contributed by atoms with Gasteiger partial charge in [0.1, 0.15) is 0 Å². The first kappa shape index (κ1) is 11.4. The Hall–Kier alpha value is -0.710. The highest BCUT2D eigenvalue weighted by Crippen LogP contribution is 2.21. The van der Waals surface area contributed by atoms with Gasteiger partial charge in [-0.1, -0.05) is 0 Å². The summed E-state index contributed by atoms with van der Waals surface area (Å²) in [5, 5.41) is 8.45. The summed E-state index contributed by atoms with van der Waals surface area (Å²) in [6, 6.07) is 0. The molecule has 3 nitrogen and oxygen atoms in total. The number of aliphatic carboxylic acids is 1. The summed E-state index contributed by atoms with van der Waals surface area (Å²) in [6.45, 7) is 1.12. The Balaban J connectivity index is 2.17. The largest absolute Gasteiger partial charge is 0.481 e. The molecule has 0 aliphatic carbocycles. The van der Waals surface area contributed by atoms with Crippen LogP contribution in [0.4, 0.5) is 8.78 Å². The van der Waals surface area contributed by atoms with Crippen LogP contribution >= 0.6 is 0 Å². The van der Waals surface area contributed by atoms with Crippen LogP contribution in [0.3, 0.4) is 0 Å². The van der Waals surface area contributed by atoms with E-state index in [4.69, 9.17) is 5.11 Å². The quantitative estimate of drug-likeness (QED) is 0.741. The second-order valence-electron chi connectivity index (χ2n) is 3.74. The molecule has 14 heavy (non-hydrogen) atoms. The van der Waals surface area contributed by atoms with E-state index in [-0.39, 0.29) is 18.9 Å². The van der Waals surface area contributed by atoms with E-state index in [0.717, 1.165) is 6.42 Å². The van der Waals surface area contributed by atoms with E-state index >= 15 is 0 Å². The molecule has 82 valence electrons. The van der Waals surface area contributed by atoms with Gasteiger partial charge in [0.25, 0.3) is 6.43 Å². The Morgan fingerprint density at radius 1 is 1.57 bits per heavy atom. The maximum atomic E-state index is 12.0. The summed E-state index contributed by atoms with van der Waals surface area (Å²) in [4.78, 5) is 12.0. The molecule has 0 spiro atoms. The second-order valence-corrected chi connectivity index (χ2v) is 3.74. The van der Waals surface area contributed by atoms with Gasteiger partial charge >= 0.3 is 5.97 Å². The molecular formula is C9H15F2NO2. The molecule has 1 saturated heterocycles. The molecule has 0 saturated carbocycles. The van der Waals surface area contributed by atoms with Crippen molar-refractivity contribution in [1.82, 2.24) is 4.90 Å². The van der Waals surface area contributed by atoms with Crippen molar-refractivity contribution in [2.75, 3.05) is 19.6 Å². The van der Waals surface area contributed by atoms with Crippen molar-refractivity contribution in [2.24, 2.45) is 5.92 Å². The lowest BCUT2D eigenvalue weighted by atomic mass is 10.0.